The molecular weight excluding hydrogens is 572 g/mol. The van der Waals surface area contributed by atoms with Crippen LogP contribution < -0.4 is 4.72 Å². The van der Waals surface area contributed by atoms with E-state index in [9.17, 15) is 32.7 Å². The van der Waals surface area contributed by atoms with Crippen LogP contribution in [0.4, 0.5) is 0 Å². The zero-order valence-electron chi connectivity index (χ0n) is 26.6. The summed E-state index contributed by atoms with van der Waals surface area (Å²) >= 11 is 0. The highest BCUT2D eigenvalue weighted by Gasteiger charge is 2.62. The Morgan fingerprint density at radius 2 is 1.86 bits per heavy atom. The van der Waals surface area contributed by atoms with Gasteiger partial charge < -0.3 is 14.7 Å². The van der Waals surface area contributed by atoms with Gasteiger partial charge in [0.25, 0.3) is 0 Å². The molecule has 0 aromatic rings. The molecule has 2 heterocycles. The second-order valence-corrected chi connectivity index (χ2v) is 17.0. The van der Waals surface area contributed by atoms with Gasteiger partial charge in [-0.3, -0.25) is 23.9 Å². The van der Waals surface area contributed by atoms with E-state index in [2.05, 4.69) is 11.6 Å². The van der Waals surface area contributed by atoms with Crippen LogP contribution in [-0.4, -0.2) is 71.0 Å². The van der Waals surface area contributed by atoms with Crippen molar-refractivity contribution in [2.24, 2.45) is 29.1 Å². The maximum absolute atomic E-state index is 14.2. The summed E-state index contributed by atoms with van der Waals surface area (Å²) in [5.41, 5.74) is -1.94. The first-order chi connectivity index (χ1) is 19.9. The van der Waals surface area contributed by atoms with Gasteiger partial charge in [0.1, 0.15) is 5.60 Å². The number of nitrogens with zero attached hydrogens (tertiary/aromatic N) is 1. The number of ketones is 1. The zero-order chi connectivity index (χ0) is 32.0. The summed E-state index contributed by atoms with van der Waals surface area (Å²) in [4.78, 5) is 56.1. The summed E-state index contributed by atoms with van der Waals surface area (Å²) in [6.07, 6.45) is 6.93. The van der Waals surface area contributed by atoms with Crippen LogP contribution >= 0.6 is 0 Å². The summed E-state index contributed by atoms with van der Waals surface area (Å²) in [6, 6.07) is -0.962. The molecule has 4 aliphatic rings. The van der Waals surface area contributed by atoms with Crippen LogP contribution in [0.1, 0.15) is 106 Å². The smallest absolute Gasteiger partial charge is 0.307 e. The third kappa shape index (κ3) is 7.52. The molecule has 0 bridgehead atoms. The molecule has 0 unspecified atom stereocenters. The van der Waals surface area contributed by atoms with E-state index in [0.717, 1.165) is 12.8 Å². The van der Waals surface area contributed by atoms with Gasteiger partial charge in [-0.2, -0.15) is 0 Å². The standard InChI is InChI=1S/C32H50N2O8S/c1-7-21-14-20(2)10-8-9-11-22-17-32(22,29(39)33-43(40,41)31(6)12-13-31)18-26(36)25-15-23(35)19-34(25)28(38)24(21)16-27(37)42-30(3,4)5/h9,11,20-25,35H,7-8,10,12-19H2,1-6H3,(H,33,39)/b11-9-/t20-,21-,22-,23-,24+,25+,32-/m1/s1. The Hall–Kier alpha value is -2.27. The van der Waals surface area contributed by atoms with Crippen molar-refractivity contribution in [1.29, 1.82) is 0 Å². The molecule has 2 aliphatic carbocycles. The Balaban J connectivity index is 1.65. The minimum atomic E-state index is -3.90. The predicted molar refractivity (Wildman–Crippen MR) is 161 cm³/mol. The number of hydrogen-bond donors (Lipinski definition) is 2. The molecule has 2 amide bonds. The number of sulfonamides is 1. The lowest BCUT2D eigenvalue weighted by atomic mass is 9.79. The number of carbonyl (C=O) groups excluding carboxylic acids is 4. The topological polar surface area (TPSA) is 147 Å². The molecular formula is C32H50N2O8S. The van der Waals surface area contributed by atoms with Gasteiger partial charge in [0, 0.05) is 19.4 Å². The number of ether oxygens (including phenoxy) is 1. The molecule has 2 saturated carbocycles. The van der Waals surface area contributed by atoms with Crippen LogP contribution in [-0.2, 0) is 33.9 Å². The monoisotopic (exact) mass is 622 g/mol. The van der Waals surface area contributed by atoms with Crippen molar-refractivity contribution in [2.45, 2.75) is 128 Å². The second kappa shape index (κ2) is 12.3. The number of carbonyl (C=O) groups is 4. The van der Waals surface area contributed by atoms with Gasteiger partial charge in [0.15, 0.2) is 5.78 Å². The highest BCUT2D eigenvalue weighted by Crippen LogP contribution is 2.57. The lowest BCUT2D eigenvalue weighted by Crippen LogP contribution is -2.48. The van der Waals surface area contributed by atoms with Crippen LogP contribution in [0, 0.1) is 29.1 Å². The summed E-state index contributed by atoms with van der Waals surface area (Å²) in [7, 11) is -3.90. The summed E-state index contributed by atoms with van der Waals surface area (Å²) < 4.78 is 32.7. The Kier molecular flexibility index (Phi) is 9.58. The normalized spacial score (nSPS) is 35.6. The lowest BCUT2D eigenvalue weighted by Gasteiger charge is -2.33. The van der Waals surface area contributed by atoms with Gasteiger partial charge in [-0.05, 0) is 84.0 Å². The summed E-state index contributed by atoms with van der Waals surface area (Å²) in [6.45, 7) is 11.0. The molecule has 0 aromatic heterocycles. The number of fused-ring (bicyclic) bond motifs is 2. The number of rotatable bonds is 6. The largest absolute Gasteiger partial charge is 0.460 e. The van der Waals surface area contributed by atoms with Gasteiger partial charge in [0.2, 0.25) is 21.8 Å². The number of amides is 2. The molecule has 0 spiro atoms. The number of aliphatic hydroxyl groups excluding tert-OH is 1. The number of nitrogens with one attached hydrogen (secondary N) is 1. The first-order valence-corrected chi connectivity index (χ1v) is 17.4. The molecule has 0 radical (unpaired) electrons. The molecule has 2 N–H and O–H groups in total. The maximum Gasteiger partial charge on any atom is 0.307 e. The Bertz CT molecular complexity index is 1250. The maximum atomic E-state index is 14.2. The van der Waals surface area contributed by atoms with Gasteiger partial charge >= 0.3 is 5.97 Å². The van der Waals surface area contributed by atoms with Crippen molar-refractivity contribution in [1.82, 2.24) is 9.62 Å². The highest BCUT2D eigenvalue weighted by molar-refractivity contribution is 7.91. The van der Waals surface area contributed by atoms with E-state index < -0.39 is 55.7 Å². The van der Waals surface area contributed by atoms with Crippen molar-refractivity contribution < 1.29 is 37.4 Å². The molecule has 242 valence electrons. The molecule has 3 fully saturated rings. The average Bonchev–Trinajstić information content (AvgIpc) is 3.77. The van der Waals surface area contributed by atoms with Crippen LogP contribution in [0.5, 0.6) is 0 Å². The van der Waals surface area contributed by atoms with E-state index in [-0.39, 0.29) is 55.3 Å². The molecule has 7 atom stereocenters. The van der Waals surface area contributed by atoms with E-state index in [0.29, 0.717) is 32.1 Å². The number of esters is 1. The molecule has 1 saturated heterocycles. The summed E-state index contributed by atoms with van der Waals surface area (Å²) in [5.74, 6) is -2.80. The third-order valence-corrected chi connectivity index (χ3v) is 12.1. The van der Waals surface area contributed by atoms with Crippen molar-refractivity contribution >= 4 is 33.6 Å². The average molecular weight is 623 g/mol. The minimum absolute atomic E-state index is 0.0332. The fraction of sp³-hybridized carbons (Fsp3) is 0.812. The van der Waals surface area contributed by atoms with E-state index >= 15 is 0 Å². The van der Waals surface area contributed by atoms with Crippen molar-refractivity contribution in [2.75, 3.05) is 6.54 Å². The number of allylic oxidation sites excluding steroid dienone is 2. The summed E-state index contributed by atoms with van der Waals surface area (Å²) in [5, 5.41) is 10.6. The van der Waals surface area contributed by atoms with Crippen molar-refractivity contribution in [3.8, 4) is 0 Å². The SMILES string of the molecule is CC[C@@H]1C[C@H](C)CC/C=C\[C@@H]2C[C@@]2(C(=O)NS(=O)(=O)C2(C)CC2)CC(=O)[C@@H]2C[C@@H](O)CN2C(=O)[C@H]1CC(=O)OC(C)(C)C. The molecule has 10 nitrogen and oxygen atoms in total. The van der Waals surface area contributed by atoms with Gasteiger partial charge in [-0.15, -0.1) is 0 Å². The molecule has 43 heavy (non-hydrogen) atoms. The van der Waals surface area contributed by atoms with Crippen LogP contribution in [0.2, 0.25) is 0 Å². The minimum Gasteiger partial charge on any atom is -0.460 e. The third-order valence-electron chi connectivity index (χ3n) is 9.96. The predicted octanol–water partition coefficient (Wildman–Crippen LogP) is 3.66. The Morgan fingerprint density at radius 1 is 1.19 bits per heavy atom. The number of hydrogen-bond acceptors (Lipinski definition) is 8. The molecule has 2 aliphatic heterocycles. The van der Waals surface area contributed by atoms with Crippen LogP contribution in [0.25, 0.3) is 0 Å². The Labute approximate surface area is 256 Å². The highest BCUT2D eigenvalue weighted by atomic mass is 32.2. The fourth-order valence-electron chi connectivity index (χ4n) is 6.84. The molecule has 4 rings (SSSR count). The zero-order valence-corrected chi connectivity index (χ0v) is 27.4. The number of Topliss-reactive ketones (excluding diaryl/α,β-unsaturated/α-hetero) is 1. The Morgan fingerprint density at radius 3 is 2.47 bits per heavy atom. The van der Waals surface area contributed by atoms with Gasteiger partial charge in [-0.1, -0.05) is 32.4 Å². The first kappa shape index (κ1) is 33.6. The molecule has 0 aromatic carbocycles. The first-order valence-electron chi connectivity index (χ1n) is 15.9. The van der Waals surface area contributed by atoms with E-state index in [4.69, 9.17) is 4.74 Å². The molecule has 11 heteroatoms. The fourth-order valence-corrected chi connectivity index (χ4v) is 8.17. The quantitative estimate of drug-likeness (QED) is 0.337. The second-order valence-electron chi connectivity index (χ2n) is 14.8. The van der Waals surface area contributed by atoms with Crippen molar-refractivity contribution in [3.05, 3.63) is 12.2 Å². The van der Waals surface area contributed by atoms with E-state index in [1.807, 2.05) is 19.1 Å². The van der Waals surface area contributed by atoms with Gasteiger partial charge in [-0.25, -0.2) is 8.42 Å². The van der Waals surface area contributed by atoms with E-state index in [1.165, 1.54) is 4.90 Å². The van der Waals surface area contributed by atoms with Crippen LogP contribution in [0.15, 0.2) is 12.2 Å². The van der Waals surface area contributed by atoms with Crippen LogP contribution in [0.3, 0.4) is 0 Å². The van der Waals surface area contributed by atoms with E-state index in [1.54, 1.807) is 27.7 Å². The van der Waals surface area contributed by atoms with Crippen molar-refractivity contribution in [3.63, 3.8) is 0 Å². The lowest BCUT2D eigenvalue weighted by molar-refractivity contribution is -0.160. The number of aliphatic hydroxyl groups is 1. The van der Waals surface area contributed by atoms with Gasteiger partial charge in [0.05, 0.1) is 34.6 Å².